The lowest BCUT2D eigenvalue weighted by atomic mass is 10.0. The molecule has 0 aromatic heterocycles. The minimum atomic E-state index is -1.14. The fourth-order valence-electron chi connectivity index (χ4n) is 2.84. The molecule has 3 N–H and O–H groups in total. The lowest BCUT2D eigenvalue weighted by Crippen LogP contribution is -2.08. The second kappa shape index (κ2) is 18.6. The van der Waals surface area contributed by atoms with Gasteiger partial charge in [0.15, 0.2) is 6.29 Å². The molecule has 26 heavy (non-hydrogen) atoms. The highest BCUT2D eigenvalue weighted by Crippen LogP contribution is 2.13. The smallest absolute Gasteiger partial charge is 0.306 e. The van der Waals surface area contributed by atoms with E-state index in [1.165, 1.54) is 51.4 Å². The molecule has 0 bridgehead atoms. The first-order chi connectivity index (χ1) is 12.5. The molecule has 0 fully saturated rings. The second-order valence-electron chi connectivity index (χ2n) is 6.98. The number of hydrogen-bond acceptors (Lipinski definition) is 5. The average molecular weight is 375 g/mol. The summed E-state index contributed by atoms with van der Waals surface area (Å²) in [5.41, 5.74) is 0. The van der Waals surface area contributed by atoms with Crippen LogP contribution in [0.1, 0.15) is 103 Å². The van der Waals surface area contributed by atoms with Gasteiger partial charge in [0.05, 0.1) is 19.4 Å². The van der Waals surface area contributed by atoms with E-state index in [0.717, 1.165) is 32.1 Å². The summed E-state index contributed by atoms with van der Waals surface area (Å²) < 4.78 is 4.98. The van der Waals surface area contributed by atoms with Crippen LogP contribution in [0.5, 0.6) is 0 Å². The van der Waals surface area contributed by atoms with E-state index in [9.17, 15) is 9.59 Å². The van der Waals surface area contributed by atoms with Gasteiger partial charge >= 0.3 is 11.9 Å². The summed E-state index contributed by atoms with van der Waals surface area (Å²) in [6.07, 6.45) is 14.2. The third-order valence-corrected chi connectivity index (χ3v) is 4.41. The summed E-state index contributed by atoms with van der Waals surface area (Å²) in [7, 11) is 0. The molecule has 0 aliphatic rings. The number of esters is 1. The molecule has 0 spiro atoms. The number of carbonyl (C=O) groups is 2. The van der Waals surface area contributed by atoms with Gasteiger partial charge in [-0.3, -0.25) is 9.59 Å². The standard InChI is InChI=1S/C20H38O6/c21-18(22)14-12-10-8-6-4-2-1-3-5-7-9-11-13-17-26-20(25)16-15-19(23)24/h18,21-22H,1-17H2,(H,23,24). The van der Waals surface area contributed by atoms with E-state index in [2.05, 4.69) is 0 Å². The van der Waals surface area contributed by atoms with Gasteiger partial charge < -0.3 is 20.1 Å². The Bertz CT molecular complexity index is 343. The van der Waals surface area contributed by atoms with Gasteiger partial charge in [0.1, 0.15) is 0 Å². The van der Waals surface area contributed by atoms with Crippen LogP contribution >= 0.6 is 0 Å². The van der Waals surface area contributed by atoms with Gasteiger partial charge in [-0.25, -0.2) is 0 Å². The Morgan fingerprint density at radius 1 is 0.654 bits per heavy atom. The largest absolute Gasteiger partial charge is 0.481 e. The highest BCUT2D eigenvalue weighted by molar-refractivity contribution is 5.76. The van der Waals surface area contributed by atoms with Gasteiger partial charge in [-0.1, -0.05) is 70.6 Å². The maximum Gasteiger partial charge on any atom is 0.306 e. The highest BCUT2D eigenvalue weighted by Gasteiger charge is 2.05. The number of rotatable bonds is 19. The quantitative estimate of drug-likeness (QED) is 0.178. The van der Waals surface area contributed by atoms with Crippen molar-refractivity contribution < 1.29 is 29.6 Å². The Balaban J connectivity index is 3.11. The minimum absolute atomic E-state index is 0.0406. The fraction of sp³-hybridized carbons (Fsp3) is 0.900. The molecule has 154 valence electrons. The van der Waals surface area contributed by atoms with Crippen molar-refractivity contribution in [3.8, 4) is 0 Å². The summed E-state index contributed by atoms with van der Waals surface area (Å²) in [5, 5.41) is 25.9. The summed E-state index contributed by atoms with van der Waals surface area (Å²) in [4.78, 5) is 21.5. The maximum atomic E-state index is 11.2. The van der Waals surface area contributed by atoms with Crippen LogP contribution in [0.2, 0.25) is 0 Å². The molecule has 0 rings (SSSR count). The van der Waals surface area contributed by atoms with Gasteiger partial charge in [-0.05, 0) is 19.3 Å². The number of aliphatic hydroxyl groups is 2. The number of unbranched alkanes of at least 4 members (excludes halogenated alkanes) is 12. The number of carboxylic acid groups (broad SMARTS) is 1. The van der Waals surface area contributed by atoms with Crippen molar-refractivity contribution in [3.63, 3.8) is 0 Å². The van der Waals surface area contributed by atoms with Crippen molar-refractivity contribution in [3.05, 3.63) is 0 Å². The third kappa shape index (κ3) is 20.9. The first-order valence-electron chi connectivity index (χ1n) is 10.3. The van der Waals surface area contributed by atoms with Crippen LogP contribution in [-0.4, -0.2) is 40.2 Å². The number of hydrogen-bond donors (Lipinski definition) is 3. The number of ether oxygens (including phenoxy) is 1. The number of carbonyl (C=O) groups excluding carboxylic acids is 1. The zero-order valence-corrected chi connectivity index (χ0v) is 16.2. The molecule has 0 aliphatic heterocycles. The zero-order valence-electron chi connectivity index (χ0n) is 16.2. The molecular formula is C20H38O6. The minimum Gasteiger partial charge on any atom is -0.481 e. The lowest BCUT2D eigenvalue weighted by Gasteiger charge is -2.05. The van der Waals surface area contributed by atoms with E-state index in [4.69, 9.17) is 20.1 Å². The summed E-state index contributed by atoms with van der Waals surface area (Å²) in [6, 6.07) is 0. The molecule has 0 atom stereocenters. The molecule has 0 saturated carbocycles. The van der Waals surface area contributed by atoms with E-state index in [0.29, 0.717) is 13.0 Å². The molecule has 0 amide bonds. The first-order valence-corrected chi connectivity index (χ1v) is 10.3. The second-order valence-corrected chi connectivity index (χ2v) is 6.98. The van der Waals surface area contributed by atoms with Crippen LogP contribution < -0.4 is 0 Å². The maximum absolute atomic E-state index is 11.2. The summed E-state index contributed by atoms with van der Waals surface area (Å²) in [5.74, 6) is -1.39. The Hall–Kier alpha value is -1.14. The molecule has 0 aromatic carbocycles. The van der Waals surface area contributed by atoms with Crippen LogP contribution in [0.4, 0.5) is 0 Å². The van der Waals surface area contributed by atoms with E-state index in [-0.39, 0.29) is 12.8 Å². The Morgan fingerprint density at radius 2 is 1.08 bits per heavy atom. The Kier molecular flexibility index (Phi) is 17.8. The van der Waals surface area contributed by atoms with E-state index < -0.39 is 18.2 Å². The zero-order chi connectivity index (χ0) is 19.5. The molecular weight excluding hydrogens is 336 g/mol. The molecule has 0 heterocycles. The number of aliphatic carboxylic acids is 1. The van der Waals surface area contributed by atoms with Crippen LogP contribution in [0, 0.1) is 0 Å². The molecule has 0 aromatic rings. The van der Waals surface area contributed by atoms with Gasteiger partial charge in [-0.2, -0.15) is 0 Å². The molecule has 0 unspecified atom stereocenters. The third-order valence-electron chi connectivity index (χ3n) is 4.41. The lowest BCUT2D eigenvalue weighted by molar-refractivity contribution is -0.147. The summed E-state index contributed by atoms with van der Waals surface area (Å²) >= 11 is 0. The molecule has 0 saturated heterocycles. The molecule has 6 nitrogen and oxygen atoms in total. The van der Waals surface area contributed by atoms with E-state index in [1.807, 2.05) is 0 Å². The van der Waals surface area contributed by atoms with Gasteiger partial charge in [0.2, 0.25) is 0 Å². The van der Waals surface area contributed by atoms with Crippen molar-refractivity contribution in [2.24, 2.45) is 0 Å². The van der Waals surface area contributed by atoms with Crippen molar-refractivity contribution in [2.45, 2.75) is 109 Å². The van der Waals surface area contributed by atoms with Crippen molar-refractivity contribution >= 4 is 11.9 Å². The SMILES string of the molecule is O=C(O)CCC(=O)OCCCCCCCCCCCCCCCC(O)O. The van der Waals surface area contributed by atoms with Crippen LogP contribution in [0.15, 0.2) is 0 Å². The molecule has 0 aliphatic carbocycles. The van der Waals surface area contributed by atoms with Gasteiger partial charge in [0.25, 0.3) is 0 Å². The van der Waals surface area contributed by atoms with Gasteiger partial charge in [0, 0.05) is 0 Å². The Morgan fingerprint density at radius 3 is 1.50 bits per heavy atom. The predicted molar refractivity (Wildman–Crippen MR) is 101 cm³/mol. The van der Waals surface area contributed by atoms with Crippen LogP contribution in [0.3, 0.4) is 0 Å². The number of aliphatic hydroxyl groups excluding tert-OH is 1. The summed E-state index contributed by atoms with van der Waals surface area (Å²) in [6.45, 7) is 0.399. The molecule has 0 radical (unpaired) electrons. The Labute approximate surface area is 157 Å². The molecule has 6 heteroatoms. The normalized spacial score (nSPS) is 11.0. The van der Waals surface area contributed by atoms with Crippen molar-refractivity contribution in [2.75, 3.05) is 6.61 Å². The average Bonchev–Trinajstić information content (AvgIpc) is 2.59. The number of carboxylic acids is 1. The van der Waals surface area contributed by atoms with Crippen LogP contribution in [-0.2, 0) is 14.3 Å². The fourth-order valence-corrected chi connectivity index (χ4v) is 2.84. The monoisotopic (exact) mass is 374 g/mol. The van der Waals surface area contributed by atoms with Crippen molar-refractivity contribution in [1.29, 1.82) is 0 Å². The first kappa shape index (κ1) is 24.9. The highest BCUT2D eigenvalue weighted by atomic mass is 16.5. The van der Waals surface area contributed by atoms with Crippen molar-refractivity contribution in [1.82, 2.24) is 0 Å². The van der Waals surface area contributed by atoms with E-state index in [1.54, 1.807) is 0 Å². The van der Waals surface area contributed by atoms with E-state index >= 15 is 0 Å². The topological polar surface area (TPSA) is 104 Å². The predicted octanol–water partition coefficient (Wildman–Crippen LogP) is 4.17. The van der Waals surface area contributed by atoms with Gasteiger partial charge in [-0.15, -0.1) is 0 Å². The van der Waals surface area contributed by atoms with Crippen LogP contribution in [0.25, 0.3) is 0 Å².